The van der Waals surface area contributed by atoms with Crippen LogP contribution in [0.4, 0.5) is 18.9 Å². The molecule has 0 unspecified atom stereocenters. The molecule has 1 aliphatic carbocycles. The van der Waals surface area contributed by atoms with Crippen LogP contribution < -0.4 is 5.32 Å². The Bertz CT molecular complexity index is 705. The molecule has 0 radical (unpaired) electrons. The zero-order valence-corrected chi connectivity index (χ0v) is 12.9. The van der Waals surface area contributed by atoms with Gasteiger partial charge in [-0.15, -0.1) is 0 Å². The number of carbonyl (C=O) groups excluding carboxylic acids is 1. The van der Waals surface area contributed by atoms with Crippen LogP contribution in [0.1, 0.15) is 37.7 Å². The zero-order chi connectivity index (χ0) is 17.2. The number of hydrogen-bond donors (Lipinski definition) is 1. The number of aromatic nitrogens is 1. The zero-order valence-electron chi connectivity index (χ0n) is 12.9. The molecular weight excluding hydrogens is 321 g/mol. The van der Waals surface area contributed by atoms with Crippen molar-refractivity contribution in [2.24, 2.45) is 5.92 Å². The summed E-state index contributed by atoms with van der Waals surface area (Å²) in [6.45, 7) is 0. The molecular formula is C17H17F3N2O2. The molecule has 1 aromatic carbocycles. The number of amides is 1. The number of nitrogens with zero attached hydrogens (tertiary/aromatic N) is 1. The van der Waals surface area contributed by atoms with Crippen molar-refractivity contribution < 1.29 is 22.4 Å². The molecule has 1 fully saturated rings. The van der Waals surface area contributed by atoms with Gasteiger partial charge < -0.3 is 9.73 Å². The second kappa shape index (κ2) is 6.67. The van der Waals surface area contributed by atoms with Gasteiger partial charge >= 0.3 is 6.18 Å². The maximum absolute atomic E-state index is 13.1. The first-order valence-electron chi connectivity index (χ1n) is 7.85. The summed E-state index contributed by atoms with van der Waals surface area (Å²) >= 11 is 0. The number of nitrogens with one attached hydrogen (secondary N) is 1. The first-order chi connectivity index (χ1) is 11.4. The van der Waals surface area contributed by atoms with Crippen molar-refractivity contribution in [1.82, 2.24) is 4.98 Å². The van der Waals surface area contributed by atoms with E-state index in [0.717, 1.165) is 50.6 Å². The minimum Gasteiger partial charge on any atom is -0.444 e. The molecule has 4 nitrogen and oxygen atoms in total. The van der Waals surface area contributed by atoms with Crippen molar-refractivity contribution in [3.63, 3.8) is 0 Å². The van der Waals surface area contributed by atoms with Crippen LogP contribution in [0.5, 0.6) is 0 Å². The van der Waals surface area contributed by atoms with E-state index in [0.29, 0.717) is 0 Å². The molecule has 1 amide bonds. The van der Waals surface area contributed by atoms with E-state index < -0.39 is 11.7 Å². The smallest absolute Gasteiger partial charge is 0.416 e. The van der Waals surface area contributed by atoms with Crippen LogP contribution >= 0.6 is 0 Å². The Morgan fingerprint density at radius 3 is 2.54 bits per heavy atom. The monoisotopic (exact) mass is 338 g/mol. The number of hydrogen-bond acceptors (Lipinski definition) is 3. The molecule has 3 rings (SSSR count). The van der Waals surface area contributed by atoms with Crippen LogP contribution in [0.15, 0.2) is 35.2 Å². The minimum absolute atomic E-state index is 0.117. The van der Waals surface area contributed by atoms with Crippen LogP contribution in [-0.2, 0) is 11.0 Å². The van der Waals surface area contributed by atoms with Gasteiger partial charge in [-0.2, -0.15) is 13.2 Å². The average molecular weight is 338 g/mol. The lowest BCUT2D eigenvalue weighted by molar-refractivity contribution is -0.137. The number of anilines is 1. The molecule has 0 aliphatic heterocycles. The lowest BCUT2D eigenvalue weighted by atomic mass is 9.88. The molecule has 0 bridgehead atoms. The summed E-state index contributed by atoms with van der Waals surface area (Å²) < 4.78 is 44.4. The standard InChI is InChI=1S/C17H17F3N2O2/c18-17(19,20)13-6-12(15-9-21-10-24-15)7-14(8-13)22-16(23)11-4-2-1-3-5-11/h6-11H,1-5H2,(H,22,23). The molecule has 7 heteroatoms. The fourth-order valence-electron chi connectivity index (χ4n) is 2.97. The Morgan fingerprint density at radius 1 is 1.17 bits per heavy atom. The SMILES string of the molecule is O=C(Nc1cc(-c2cnco2)cc(C(F)(F)F)c1)C1CCCCC1. The third-order valence-electron chi connectivity index (χ3n) is 4.22. The predicted octanol–water partition coefficient (Wildman–Crippen LogP) is 4.88. The maximum atomic E-state index is 13.1. The van der Waals surface area contributed by atoms with Crippen molar-refractivity contribution in [1.29, 1.82) is 0 Å². The Morgan fingerprint density at radius 2 is 1.92 bits per heavy atom. The van der Waals surface area contributed by atoms with E-state index in [1.54, 1.807) is 0 Å². The predicted molar refractivity (Wildman–Crippen MR) is 82.1 cm³/mol. The van der Waals surface area contributed by atoms with Crippen molar-refractivity contribution in [3.8, 4) is 11.3 Å². The van der Waals surface area contributed by atoms with Gasteiger partial charge in [-0.3, -0.25) is 4.79 Å². The van der Waals surface area contributed by atoms with Crippen LogP contribution in [0.2, 0.25) is 0 Å². The lowest BCUT2D eigenvalue weighted by Gasteiger charge is -2.21. The van der Waals surface area contributed by atoms with Gasteiger partial charge in [-0.25, -0.2) is 4.98 Å². The molecule has 1 saturated carbocycles. The molecule has 128 valence electrons. The molecule has 24 heavy (non-hydrogen) atoms. The van der Waals surface area contributed by atoms with E-state index in [1.807, 2.05) is 0 Å². The summed E-state index contributed by atoms with van der Waals surface area (Å²) in [7, 11) is 0. The first kappa shape index (κ1) is 16.5. The van der Waals surface area contributed by atoms with Crippen LogP contribution in [0.3, 0.4) is 0 Å². The maximum Gasteiger partial charge on any atom is 0.416 e. The number of oxazole rings is 1. The topological polar surface area (TPSA) is 55.1 Å². The number of halogens is 3. The Labute approximate surface area is 137 Å². The number of alkyl halides is 3. The summed E-state index contributed by atoms with van der Waals surface area (Å²) in [5.41, 5.74) is -0.497. The van der Waals surface area contributed by atoms with E-state index in [1.165, 1.54) is 12.3 Å². The first-order valence-corrected chi connectivity index (χ1v) is 7.85. The highest BCUT2D eigenvalue weighted by atomic mass is 19.4. The van der Waals surface area contributed by atoms with Crippen LogP contribution in [0.25, 0.3) is 11.3 Å². The molecule has 0 saturated heterocycles. The highest BCUT2D eigenvalue weighted by Gasteiger charge is 2.32. The summed E-state index contributed by atoms with van der Waals surface area (Å²) in [5, 5.41) is 2.63. The highest BCUT2D eigenvalue weighted by molar-refractivity contribution is 5.93. The minimum atomic E-state index is -4.51. The van der Waals surface area contributed by atoms with E-state index in [9.17, 15) is 18.0 Å². The Balaban J connectivity index is 1.88. The average Bonchev–Trinajstić information content (AvgIpc) is 3.09. The van der Waals surface area contributed by atoms with Gasteiger partial charge in [-0.05, 0) is 31.0 Å². The van der Waals surface area contributed by atoms with Crippen molar-refractivity contribution in [2.45, 2.75) is 38.3 Å². The molecule has 1 aliphatic rings. The van der Waals surface area contributed by atoms with Crippen molar-refractivity contribution >= 4 is 11.6 Å². The number of rotatable bonds is 3. The molecule has 0 atom stereocenters. The molecule has 1 N–H and O–H groups in total. The van der Waals surface area contributed by atoms with Crippen LogP contribution in [-0.4, -0.2) is 10.9 Å². The van der Waals surface area contributed by atoms with E-state index in [2.05, 4.69) is 10.3 Å². The summed E-state index contributed by atoms with van der Waals surface area (Å²) in [6, 6.07) is 3.40. The third kappa shape index (κ3) is 3.77. The second-order valence-corrected chi connectivity index (χ2v) is 5.99. The van der Waals surface area contributed by atoms with Crippen LogP contribution in [0, 0.1) is 5.92 Å². The second-order valence-electron chi connectivity index (χ2n) is 5.99. The molecule has 1 aromatic heterocycles. The van der Waals surface area contributed by atoms with E-state index >= 15 is 0 Å². The molecule has 2 aromatic rings. The normalized spacial score (nSPS) is 16.1. The highest BCUT2D eigenvalue weighted by Crippen LogP contribution is 2.35. The van der Waals surface area contributed by atoms with Gasteiger partial charge in [0.05, 0.1) is 11.8 Å². The van der Waals surface area contributed by atoms with Gasteiger partial charge in [0.15, 0.2) is 12.2 Å². The van der Waals surface area contributed by atoms with E-state index in [4.69, 9.17) is 4.42 Å². The molecule has 1 heterocycles. The van der Waals surface area contributed by atoms with Crippen molar-refractivity contribution in [3.05, 3.63) is 36.4 Å². The molecule has 0 spiro atoms. The number of carbonyl (C=O) groups is 1. The van der Waals surface area contributed by atoms with Gasteiger partial charge in [-0.1, -0.05) is 19.3 Å². The summed E-state index contributed by atoms with van der Waals surface area (Å²) in [6.07, 6.45) is 2.58. The summed E-state index contributed by atoms with van der Waals surface area (Å²) in [5.74, 6) is -0.145. The largest absolute Gasteiger partial charge is 0.444 e. The van der Waals surface area contributed by atoms with E-state index in [-0.39, 0.29) is 28.8 Å². The lowest BCUT2D eigenvalue weighted by Crippen LogP contribution is -2.25. The fraction of sp³-hybridized carbons (Fsp3) is 0.412. The quantitative estimate of drug-likeness (QED) is 0.868. The Kier molecular flexibility index (Phi) is 4.59. The van der Waals surface area contributed by atoms with Gasteiger partial charge in [0.25, 0.3) is 0 Å². The fourth-order valence-corrected chi connectivity index (χ4v) is 2.97. The number of benzene rings is 1. The van der Waals surface area contributed by atoms with Gasteiger partial charge in [0, 0.05) is 17.2 Å². The Hall–Kier alpha value is -2.31. The van der Waals surface area contributed by atoms with Gasteiger partial charge in [0.1, 0.15) is 0 Å². The van der Waals surface area contributed by atoms with Crippen molar-refractivity contribution in [2.75, 3.05) is 5.32 Å². The summed E-state index contributed by atoms with van der Waals surface area (Å²) in [4.78, 5) is 16.0. The third-order valence-corrected chi connectivity index (χ3v) is 4.22. The van der Waals surface area contributed by atoms with Gasteiger partial charge in [0.2, 0.25) is 5.91 Å².